The number of nitrogens with zero attached hydrogens (tertiary/aromatic N) is 3. The number of piperazine rings is 1. The van der Waals surface area contributed by atoms with Gasteiger partial charge in [-0.2, -0.15) is 0 Å². The molecule has 0 aliphatic carbocycles. The van der Waals surface area contributed by atoms with Crippen LogP contribution in [0.25, 0.3) is 0 Å². The number of aliphatic hydroxyl groups excluding tert-OH is 1. The Morgan fingerprint density at radius 3 is 2.75 bits per heavy atom. The Morgan fingerprint density at radius 1 is 1.21 bits per heavy atom. The zero-order valence-electron chi connectivity index (χ0n) is 14.8. The minimum Gasteiger partial charge on any atom is -0.489 e. The van der Waals surface area contributed by atoms with Gasteiger partial charge < -0.3 is 25.0 Å². The molecule has 0 aromatic heterocycles. The molecule has 2 aliphatic rings. The maximum Gasteiger partial charge on any atom is 0.144 e. The van der Waals surface area contributed by atoms with E-state index >= 15 is 0 Å². The van der Waals surface area contributed by atoms with Crippen LogP contribution in [0.15, 0.2) is 18.2 Å². The number of hydrogen-bond donors (Lipinski definition) is 2. The van der Waals surface area contributed by atoms with E-state index < -0.39 is 0 Å². The molecule has 2 aliphatic heterocycles. The predicted molar refractivity (Wildman–Crippen MR) is 97.5 cm³/mol. The number of ether oxygens (including phenoxy) is 1. The summed E-state index contributed by atoms with van der Waals surface area (Å²) < 4.78 is 6.73. The summed E-state index contributed by atoms with van der Waals surface area (Å²) in [5.74, 6) is 0.913. The van der Waals surface area contributed by atoms with Crippen LogP contribution in [-0.2, 0) is 0 Å². The number of nitrogens with two attached hydrogens (primary N) is 1. The first-order chi connectivity index (χ1) is 11.6. The van der Waals surface area contributed by atoms with E-state index in [2.05, 4.69) is 22.9 Å². The lowest BCUT2D eigenvalue weighted by Gasteiger charge is -2.42. The van der Waals surface area contributed by atoms with Gasteiger partial charge in [-0.1, -0.05) is 0 Å². The zero-order valence-corrected chi connectivity index (χ0v) is 14.8. The number of rotatable bonds is 6. The summed E-state index contributed by atoms with van der Waals surface area (Å²) in [5.41, 5.74) is 7.77. The van der Waals surface area contributed by atoms with E-state index in [0.717, 1.165) is 81.3 Å². The average Bonchev–Trinajstić information content (AvgIpc) is 2.57. The summed E-state index contributed by atoms with van der Waals surface area (Å²) in [6.07, 6.45) is 1.16. The van der Waals surface area contributed by atoms with E-state index in [1.54, 1.807) is 0 Å². The summed E-state index contributed by atoms with van der Waals surface area (Å²) in [7, 11) is 2.25. The third-order valence-corrected chi connectivity index (χ3v) is 5.40. The lowest BCUT2D eigenvalue weighted by Crippen LogP contribution is -2.58. The molecule has 0 bridgehead atoms. The molecule has 1 aromatic carbocycles. The predicted octanol–water partition coefficient (Wildman–Crippen LogP) is 0.612. The van der Waals surface area contributed by atoms with Crippen LogP contribution in [0.4, 0.5) is 11.4 Å². The Morgan fingerprint density at radius 2 is 2.00 bits per heavy atom. The van der Waals surface area contributed by atoms with Crippen molar-refractivity contribution in [1.29, 1.82) is 0 Å². The number of benzene rings is 1. The number of anilines is 2. The number of likely N-dealkylation sites (N-methyl/N-ethyl adjacent to an activating group) is 1. The fourth-order valence-corrected chi connectivity index (χ4v) is 3.69. The molecule has 24 heavy (non-hydrogen) atoms. The quantitative estimate of drug-likeness (QED) is 0.589. The van der Waals surface area contributed by atoms with Gasteiger partial charge in [-0.05, 0) is 18.6 Å². The highest BCUT2D eigenvalue weighted by Crippen LogP contribution is 2.33. The minimum absolute atomic E-state index is 0.289. The molecule has 6 nitrogen and oxygen atoms in total. The van der Waals surface area contributed by atoms with Gasteiger partial charge >= 0.3 is 0 Å². The fourth-order valence-electron chi connectivity index (χ4n) is 3.69. The highest BCUT2D eigenvalue weighted by Gasteiger charge is 2.27. The molecule has 0 atom stereocenters. The van der Waals surface area contributed by atoms with Gasteiger partial charge in [-0.3, -0.25) is 4.90 Å². The Hall–Kier alpha value is -1.50. The largest absolute Gasteiger partial charge is 0.489 e. The lowest BCUT2D eigenvalue weighted by molar-refractivity contribution is -0.913. The Bertz CT molecular complexity index is 544. The van der Waals surface area contributed by atoms with Gasteiger partial charge in [0, 0.05) is 37.9 Å². The molecule has 0 radical (unpaired) electrons. The van der Waals surface area contributed by atoms with Crippen LogP contribution in [-0.4, -0.2) is 87.1 Å². The van der Waals surface area contributed by atoms with Crippen molar-refractivity contribution in [2.24, 2.45) is 0 Å². The van der Waals surface area contributed by atoms with Gasteiger partial charge in [0.15, 0.2) is 0 Å². The topological polar surface area (TPSA) is 62.0 Å². The molecular formula is C18H31N4O2+. The van der Waals surface area contributed by atoms with E-state index in [9.17, 15) is 5.11 Å². The van der Waals surface area contributed by atoms with Crippen molar-refractivity contribution in [3.63, 3.8) is 0 Å². The number of aliphatic hydroxyl groups is 1. The minimum atomic E-state index is 0.289. The zero-order chi connectivity index (χ0) is 17.0. The lowest BCUT2D eigenvalue weighted by atomic mass is 10.2. The van der Waals surface area contributed by atoms with Crippen molar-refractivity contribution < 1.29 is 14.3 Å². The van der Waals surface area contributed by atoms with Crippen LogP contribution in [0.1, 0.15) is 6.42 Å². The maximum absolute atomic E-state index is 9.18. The SMILES string of the molecule is C[N+]1(CCO)CCN(CCCN2CCOc3cc(N)ccc32)CC1. The van der Waals surface area contributed by atoms with Gasteiger partial charge in [0.25, 0.3) is 0 Å². The number of quaternary nitrogens is 1. The molecule has 1 fully saturated rings. The molecule has 6 heteroatoms. The van der Waals surface area contributed by atoms with E-state index in [1.807, 2.05) is 12.1 Å². The van der Waals surface area contributed by atoms with Crippen molar-refractivity contribution in [3.05, 3.63) is 18.2 Å². The normalized spacial score (nSPS) is 20.5. The third-order valence-electron chi connectivity index (χ3n) is 5.40. The third kappa shape index (κ3) is 4.12. The second-order valence-corrected chi connectivity index (χ2v) is 7.27. The first-order valence-electron chi connectivity index (χ1n) is 9.04. The molecule has 134 valence electrons. The van der Waals surface area contributed by atoms with Crippen molar-refractivity contribution in [1.82, 2.24) is 4.90 Å². The van der Waals surface area contributed by atoms with Crippen LogP contribution in [0, 0.1) is 0 Å². The summed E-state index contributed by atoms with van der Waals surface area (Å²) in [6.45, 7) is 9.58. The first kappa shape index (κ1) is 17.3. The summed E-state index contributed by atoms with van der Waals surface area (Å²) in [4.78, 5) is 4.97. The fraction of sp³-hybridized carbons (Fsp3) is 0.667. The van der Waals surface area contributed by atoms with Crippen LogP contribution in [0.3, 0.4) is 0 Å². The number of nitrogen functional groups attached to an aromatic ring is 1. The highest BCUT2D eigenvalue weighted by molar-refractivity contribution is 5.65. The molecule has 3 rings (SSSR count). The monoisotopic (exact) mass is 335 g/mol. The van der Waals surface area contributed by atoms with Gasteiger partial charge in [0.1, 0.15) is 18.9 Å². The highest BCUT2D eigenvalue weighted by atomic mass is 16.5. The van der Waals surface area contributed by atoms with Crippen molar-refractivity contribution in [2.75, 3.05) is 83.3 Å². The van der Waals surface area contributed by atoms with Crippen molar-refractivity contribution in [3.8, 4) is 5.75 Å². The standard InChI is InChI=1S/C18H31N4O2/c1-22(12-13-23)10-7-20(8-11-22)5-2-6-21-9-14-24-18-15-16(19)3-4-17(18)21/h3-4,15,23H,2,5-14,19H2,1H3/q+1. The molecule has 0 saturated carbocycles. The van der Waals surface area contributed by atoms with E-state index in [0.29, 0.717) is 0 Å². The van der Waals surface area contributed by atoms with E-state index in [1.165, 1.54) is 5.69 Å². The molecule has 0 spiro atoms. The number of fused-ring (bicyclic) bond motifs is 1. The molecular weight excluding hydrogens is 304 g/mol. The summed E-state index contributed by atoms with van der Waals surface area (Å²) in [5, 5.41) is 9.18. The summed E-state index contributed by atoms with van der Waals surface area (Å²) in [6, 6.07) is 5.94. The first-order valence-corrected chi connectivity index (χ1v) is 9.04. The molecule has 1 aromatic rings. The smallest absolute Gasteiger partial charge is 0.144 e. The number of hydrogen-bond acceptors (Lipinski definition) is 5. The van der Waals surface area contributed by atoms with Crippen molar-refractivity contribution in [2.45, 2.75) is 6.42 Å². The van der Waals surface area contributed by atoms with Crippen molar-refractivity contribution >= 4 is 11.4 Å². The maximum atomic E-state index is 9.18. The van der Waals surface area contributed by atoms with Crippen LogP contribution < -0.4 is 15.4 Å². The van der Waals surface area contributed by atoms with Gasteiger partial charge in [0.2, 0.25) is 0 Å². The van der Waals surface area contributed by atoms with Crippen LogP contribution in [0.5, 0.6) is 5.75 Å². The van der Waals surface area contributed by atoms with Gasteiger partial charge in [-0.25, -0.2) is 0 Å². The van der Waals surface area contributed by atoms with E-state index in [4.69, 9.17) is 10.5 Å². The van der Waals surface area contributed by atoms with Gasteiger partial charge in [-0.15, -0.1) is 0 Å². The molecule has 1 saturated heterocycles. The Balaban J connectivity index is 1.45. The molecule has 3 N–H and O–H groups in total. The second-order valence-electron chi connectivity index (χ2n) is 7.27. The van der Waals surface area contributed by atoms with Crippen LogP contribution in [0.2, 0.25) is 0 Å². The Labute approximate surface area is 145 Å². The molecule has 0 unspecified atom stereocenters. The second kappa shape index (κ2) is 7.59. The van der Waals surface area contributed by atoms with Crippen LogP contribution >= 0.6 is 0 Å². The summed E-state index contributed by atoms with van der Waals surface area (Å²) >= 11 is 0. The Kier molecular flexibility index (Phi) is 5.48. The molecule has 2 heterocycles. The molecule has 0 amide bonds. The average molecular weight is 335 g/mol. The van der Waals surface area contributed by atoms with Gasteiger partial charge in [0.05, 0.1) is 39.0 Å². The van der Waals surface area contributed by atoms with E-state index in [-0.39, 0.29) is 6.61 Å².